The van der Waals surface area contributed by atoms with Crippen LogP contribution in [0.4, 0.5) is 0 Å². The largest absolute Gasteiger partial charge is 0.481 e. The topological polar surface area (TPSA) is 116 Å². The molecule has 1 aliphatic carbocycles. The third-order valence-electron chi connectivity index (χ3n) is 4.75. The first-order chi connectivity index (χ1) is 13.1. The predicted molar refractivity (Wildman–Crippen MR) is 99.1 cm³/mol. The lowest BCUT2D eigenvalue weighted by molar-refractivity contribution is -0.174. The van der Waals surface area contributed by atoms with Gasteiger partial charge in [0.1, 0.15) is 13.2 Å². The van der Waals surface area contributed by atoms with Crippen LogP contribution >= 0.6 is 0 Å². The number of carbonyl (C=O) groups is 4. The maximum atomic E-state index is 12.5. The summed E-state index contributed by atoms with van der Waals surface area (Å²) in [6.07, 6.45) is 4.35. The lowest BCUT2D eigenvalue weighted by Crippen LogP contribution is -2.38. The standard InChI is InChI=1S/C20H28O8/c1-5-16(21)26-11-13(12-27-19(25)20(3,4)6-2)28-18(24)15-10-8-7-9-14(15)17(22)23/h5,7-8,13-15H,1,6,9-12H2,2-4H3,(H,22,23). The molecule has 1 N–H and O–H groups in total. The van der Waals surface area contributed by atoms with Crippen molar-refractivity contribution in [3.63, 3.8) is 0 Å². The van der Waals surface area contributed by atoms with Crippen molar-refractivity contribution in [1.82, 2.24) is 0 Å². The number of hydrogen-bond donors (Lipinski definition) is 1. The van der Waals surface area contributed by atoms with E-state index in [0.717, 1.165) is 6.08 Å². The van der Waals surface area contributed by atoms with E-state index in [1.54, 1.807) is 26.0 Å². The Morgan fingerprint density at radius 1 is 1.14 bits per heavy atom. The maximum Gasteiger partial charge on any atom is 0.330 e. The highest BCUT2D eigenvalue weighted by atomic mass is 16.6. The first-order valence-electron chi connectivity index (χ1n) is 9.17. The SMILES string of the molecule is C=CC(=O)OCC(COC(=O)C(C)(C)CC)OC(=O)C1CC=CCC1C(=O)O. The second-order valence-corrected chi connectivity index (χ2v) is 7.22. The minimum absolute atomic E-state index is 0.227. The maximum absolute atomic E-state index is 12.5. The third kappa shape index (κ3) is 6.83. The predicted octanol–water partition coefficient (Wildman–Crippen LogP) is 2.27. The van der Waals surface area contributed by atoms with Gasteiger partial charge in [-0.1, -0.05) is 25.7 Å². The van der Waals surface area contributed by atoms with Crippen LogP contribution < -0.4 is 0 Å². The van der Waals surface area contributed by atoms with Crippen molar-refractivity contribution in [2.45, 2.75) is 46.1 Å². The Kier molecular flexibility index (Phi) is 8.88. The van der Waals surface area contributed by atoms with Crippen molar-refractivity contribution in [3.8, 4) is 0 Å². The highest BCUT2D eigenvalue weighted by Gasteiger charge is 2.37. The Balaban J connectivity index is 2.80. The average molecular weight is 396 g/mol. The molecule has 0 saturated carbocycles. The van der Waals surface area contributed by atoms with Gasteiger partial charge >= 0.3 is 23.9 Å². The van der Waals surface area contributed by atoms with Gasteiger partial charge in [0, 0.05) is 6.08 Å². The molecule has 0 saturated heterocycles. The number of aliphatic carboxylic acids is 1. The van der Waals surface area contributed by atoms with Gasteiger partial charge in [0.25, 0.3) is 0 Å². The van der Waals surface area contributed by atoms with E-state index < -0.39 is 47.2 Å². The van der Waals surface area contributed by atoms with E-state index in [1.807, 2.05) is 6.92 Å². The van der Waals surface area contributed by atoms with Crippen LogP contribution in [0.5, 0.6) is 0 Å². The molecule has 156 valence electrons. The zero-order valence-corrected chi connectivity index (χ0v) is 16.5. The summed E-state index contributed by atoms with van der Waals surface area (Å²) in [5, 5.41) is 9.30. The molecule has 0 aromatic carbocycles. The van der Waals surface area contributed by atoms with E-state index in [4.69, 9.17) is 14.2 Å². The number of carboxylic acids is 1. The first kappa shape index (κ1) is 23.4. The van der Waals surface area contributed by atoms with Crippen LogP contribution in [-0.4, -0.2) is 48.3 Å². The van der Waals surface area contributed by atoms with E-state index in [0.29, 0.717) is 6.42 Å². The molecular weight excluding hydrogens is 368 g/mol. The molecule has 0 aromatic rings. The summed E-state index contributed by atoms with van der Waals surface area (Å²) >= 11 is 0. The summed E-state index contributed by atoms with van der Waals surface area (Å²) in [7, 11) is 0. The number of hydrogen-bond acceptors (Lipinski definition) is 7. The summed E-state index contributed by atoms with van der Waals surface area (Å²) in [4.78, 5) is 47.4. The molecule has 1 aliphatic rings. The highest BCUT2D eigenvalue weighted by Crippen LogP contribution is 2.28. The van der Waals surface area contributed by atoms with Gasteiger partial charge < -0.3 is 19.3 Å². The minimum Gasteiger partial charge on any atom is -0.481 e. The van der Waals surface area contributed by atoms with Crippen LogP contribution in [0.2, 0.25) is 0 Å². The minimum atomic E-state index is -1.09. The van der Waals surface area contributed by atoms with Gasteiger partial charge in [0.15, 0.2) is 6.10 Å². The van der Waals surface area contributed by atoms with Crippen molar-refractivity contribution in [1.29, 1.82) is 0 Å². The smallest absolute Gasteiger partial charge is 0.330 e. The summed E-state index contributed by atoms with van der Waals surface area (Å²) in [6.45, 7) is 7.92. The number of carbonyl (C=O) groups excluding carboxylic acids is 3. The Morgan fingerprint density at radius 2 is 1.71 bits per heavy atom. The number of carboxylic acid groups (broad SMARTS) is 1. The summed E-state index contributed by atoms with van der Waals surface area (Å²) in [5.74, 6) is -4.77. The van der Waals surface area contributed by atoms with Gasteiger partial charge in [-0.15, -0.1) is 0 Å². The molecule has 0 heterocycles. The van der Waals surface area contributed by atoms with E-state index in [9.17, 15) is 24.3 Å². The van der Waals surface area contributed by atoms with E-state index in [2.05, 4.69) is 6.58 Å². The molecule has 0 bridgehead atoms. The van der Waals surface area contributed by atoms with Gasteiger partial charge in [0.05, 0.1) is 17.3 Å². The molecule has 0 radical (unpaired) electrons. The molecule has 0 fully saturated rings. The zero-order valence-electron chi connectivity index (χ0n) is 16.5. The van der Waals surface area contributed by atoms with Crippen molar-refractivity contribution < 1.29 is 38.5 Å². The van der Waals surface area contributed by atoms with Crippen LogP contribution in [0, 0.1) is 17.3 Å². The van der Waals surface area contributed by atoms with Crippen LogP contribution in [0.15, 0.2) is 24.8 Å². The zero-order chi connectivity index (χ0) is 21.3. The highest BCUT2D eigenvalue weighted by molar-refractivity contribution is 5.82. The molecule has 3 unspecified atom stereocenters. The van der Waals surface area contributed by atoms with Crippen LogP contribution in [-0.2, 0) is 33.4 Å². The molecule has 0 amide bonds. The Hall–Kier alpha value is -2.64. The molecule has 0 spiro atoms. The first-order valence-corrected chi connectivity index (χ1v) is 9.17. The van der Waals surface area contributed by atoms with Crippen molar-refractivity contribution in [2.75, 3.05) is 13.2 Å². The van der Waals surface area contributed by atoms with Crippen molar-refractivity contribution in [3.05, 3.63) is 24.8 Å². The van der Waals surface area contributed by atoms with Crippen LogP contribution in [0.1, 0.15) is 40.0 Å². The Labute approximate surface area is 164 Å². The molecule has 1 rings (SSSR count). The molecule has 28 heavy (non-hydrogen) atoms. The quantitative estimate of drug-likeness (QED) is 0.259. The normalized spacial score (nSPS) is 20.0. The van der Waals surface area contributed by atoms with Gasteiger partial charge in [0.2, 0.25) is 0 Å². The summed E-state index contributed by atoms with van der Waals surface area (Å²) < 4.78 is 15.5. The number of allylic oxidation sites excluding steroid dienone is 2. The van der Waals surface area contributed by atoms with E-state index >= 15 is 0 Å². The number of rotatable bonds is 10. The molecule has 8 nitrogen and oxygen atoms in total. The second-order valence-electron chi connectivity index (χ2n) is 7.22. The van der Waals surface area contributed by atoms with Crippen LogP contribution in [0.3, 0.4) is 0 Å². The van der Waals surface area contributed by atoms with E-state index in [1.165, 1.54) is 0 Å². The molecule has 8 heteroatoms. The Bertz CT molecular complexity index is 634. The molecule has 0 aliphatic heterocycles. The Morgan fingerprint density at radius 3 is 2.25 bits per heavy atom. The molecule has 0 aromatic heterocycles. The van der Waals surface area contributed by atoms with Crippen LogP contribution in [0.25, 0.3) is 0 Å². The fourth-order valence-corrected chi connectivity index (χ4v) is 2.46. The van der Waals surface area contributed by atoms with Gasteiger partial charge in [-0.25, -0.2) is 4.79 Å². The van der Waals surface area contributed by atoms with Crippen molar-refractivity contribution >= 4 is 23.9 Å². The molecular formula is C20H28O8. The molecule has 3 atom stereocenters. The lowest BCUT2D eigenvalue weighted by atomic mass is 9.83. The van der Waals surface area contributed by atoms with E-state index in [-0.39, 0.29) is 26.1 Å². The summed E-state index contributed by atoms with van der Waals surface area (Å²) in [5.41, 5.74) is -0.713. The van der Waals surface area contributed by atoms with Gasteiger partial charge in [-0.05, 0) is 33.1 Å². The summed E-state index contributed by atoms with van der Waals surface area (Å²) in [6, 6.07) is 0. The monoisotopic (exact) mass is 396 g/mol. The van der Waals surface area contributed by atoms with Crippen molar-refractivity contribution in [2.24, 2.45) is 17.3 Å². The number of esters is 3. The van der Waals surface area contributed by atoms with Gasteiger partial charge in [-0.3, -0.25) is 14.4 Å². The second kappa shape index (κ2) is 10.6. The average Bonchev–Trinajstić information content (AvgIpc) is 2.68. The van der Waals surface area contributed by atoms with Gasteiger partial charge in [-0.2, -0.15) is 0 Å². The lowest BCUT2D eigenvalue weighted by Gasteiger charge is -2.27. The third-order valence-corrected chi connectivity index (χ3v) is 4.75. The fraction of sp³-hybridized carbons (Fsp3) is 0.600. The fourth-order valence-electron chi connectivity index (χ4n) is 2.46. The number of ether oxygens (including phenoxy) is 3.